The second kappa shape index (κ2) is 11.8. The molecule has 4 aromatic rings. The standard InChI is InChI=1S/C29H26O9S2/c1-20-4-12-25(13-5-20)39(31,32)37-24-16-28(36-19-22-8-10-23(35-3)11-9-22)27(18-30)29(17-24)38-40(33,34)26-14-6-21(2)7-15-26/h4-18H,19H2,1-3H3. The van der Waals surface area contributed by atoms with Crippen molar-refractivity contribution < 1.29 is 39.5 Å². The first-order chi connectivity index (χ1) is 19.0. The molecule has 11 heteroatoms. The van der Waals surface area contributed by atoms with E-state index in [1.807, 2.05) is 0 Å². The van der Waals surface area contributed by atoms with E-state index in [0.29, 0.717) is 17.6 Å². The predicted molar refractivity (Wildman–Crippen MR) is 147 cm³/mol. The third kappa shape index (κ3) is 6.80. The first-order valence-corrected chi connectivity index (χ1v) is 14.7. The first kappa shape index (κ1) is 28.7. The lowest BCUT2D eigenvalue weighted by Crippen LogP contribution is -2.13. The highest BCUT2D eigenvalue weighted by molar-refractivity contribution is 7.87. The van der Waals surface area contributed by atoms with Crippen LogP contribution in [-0.2, 0) is 26.8 Å². The molecule has 0 heterocycles. The van der Waals surface area contributed by atoms with Crippen molar-refractivity contribution in [3.63, 3.8) is 0 Å². The lowest BCUT2D eigenvalue weighted by molar-refractivity contribution is 0.111. The van der Waals surface area contributed by atoms with E-state index in [0.717, 1.165) is 17.2 Å². The molecular formula is C29H26O9S2. The minimum Gasteiger partial charge on any atom is -0.497 e. The molecule has 0 radical (unpaired) electrons. The number of aryl methyl sites for hydroxylation is 2. The average Bonchev–Trinajstić information content (AvgIpc) is 2.92. The Bertz CT molecular complexity index is 1710. The van der Waals surface area contributed by atoms with Crippen LogP contribution < -0.4 is 17.8 Å². The number of carbonyl (C=O) groups excluding carboxylic acids is 1. The van der Waals surface area contributed by atoms with Gasteiger partial charge in [0.05, 0.1) is 7.11 Å². The summed E-state index contributed by atoms with van der Waals surface area (Å²) in [5.74, 6) is -0.288. The Morgan fingerprint density at radius 2 is 1.15 bits per heavy atom. The van der Waals surface area contributed by atoms with Gasteiger partial charge in [-0.05, 0) is 55.8 Å². The van der Waals surface area contributed by atoms with Crippen molar-refractivity contribution in [2.75, 3.05) is 7.11 Å². The highest BCUT2D eigenvalue weighted by atomic mass is 32.2. The number of hydrogen-bond donors (Lipinski definition) is 0. The van der Waals surface area contributed by atoms with Crippen molar-refractivity contribution in [3.8, 4) is 23.0 Å². The molecule has 0 fully saturated rings. The summed E-state index contributed by atoms with van der Waals surface area (Å²) in [5, 5.41) is 0. The molecule has 0 aliphatic rings. The molecule has 4 aromatic carbocycles. The van der Waals surface area contributed by atoms with Crippen LogP contribution in [0.3, 0.4) is 0 Å². The lowest BCUT2D eigenvalue weighted by atomic mass is 10.2. The van der Waals surface area contributed by atoms with E-state index in [9.17, 15) is 21.6 Å². The van der Waals surface area contributed by atoms with Gasteiger partial charge in [-0.25, -0.2) is 0 Å². The minimum absolute atomic E-state index is 0.0385. The summed E-state index contributed by atoms with van der Waals surface area (Å²) in [4.78, 5) is 11.9. The highest BCUT2D eigenvalue weighted by Crippen LogP contribution is 2.36. The summed E-state index contributed by atoms with van der Waals surface area (Å²) in [6, 6.07) is 21.0. The van der Waals surface area contributed by atoms with Crippen molar-refractivity contribution >= 4 is 26.5 Å². The summed E-state index contributed by atoms with van der Waals surface area (Å²) in [6.07, 6.45) is 0.363. The van der Waals surface area contributed by atoms with Crippen LogP contribution in [0, 0.1) is 13.8 Å². The number of hydrogen-bond acceptors (Lipinski definition) is 9. The summed E-state index contributed by atoms with van der Waals surface area (Å²) in [6.45, 7) is 3.56. The van der Waals surface area contributed by atoms with Gasteiger partial charge in [0, 0.05) is 12.1 Å². The van der Waals surface area contributed by atoms with Crippen LogP contribution in [-0.4, -0.2) is 30.2 Å². The smallest absolute Gasteiger partial charge is 0.339 e. The zero-order chi connectivity index (χ0) is 28.9. The number of benzene rings is 4. The van der Waals surface area contributed by atoms with Gasteiger partial charge in [-0.3, -0.25) is 4.79 Å². The fourth-order valence-electron chi connectivity index (χ4n) is 3.56. The van der Waals surface area contributed by atoms with Gasteiger partial charge in [0.25, 0.3) is 0 Å². The molecule has 0 spiro atoms. The largest absolute Gasteiger partial charge is 0.497 e. The van der Waals surface area contributed by atoms with Crippen molar-refractivity contribution in [1.82, 2.24) is 0 Å². The molecule has 0 bridgehead atoms. The van der Waals surface area contributed by atoms with Crippen molar-refractivity contribution in [2.45, 2.75) is 30.2 Å². The molecular weight excluding hydrogens is 556 g/mol. The van der Waals surface area contributed by atoms with Crippen molar-refractivity contribution in [1.29, 1.82) is 0 Å². The molecule has 0 aromatic heterocycles. The second-order valence-corrected chi connectivity index (χ2v) is 11.9. The van der Waals surface area contributed by atoms with E-state index in [-0.39, 0.29) is 33.5 Å². The molecule has 208 valence electrons. The van der Waals surface area contributed by atoms with Crippen LogP contribution in [0.5, 0.6) is 23.0 Å². The Morgan fingerprint density at radius 1 is 0.650 bits per heavy atom. The maximum absolute atomic E-state index is 13.0. The zero-order valence-electron chi connectivity index (χ0n) is 21.9. The zero-order valence-corrected chi connectivity index (χ0v) is 23.5. The quantitative estimate of drug-likeness (QED) is 0.173. The van der Waals surface area contributed by atoms with E-state index >= 15 is 0 Å². The fraction of sp³-hybridized carbons (Fsp3) is 0.138. The number of aldehydes is 1. The third-order valence-corrected chi connectivity index (χ3v) is 8.28. The Hall–Kier alpha value is -4.35. The maximum atomic E-state index is 13.0. The van der Waals surface area contributed by atoms with Crippen LogP contribution in [0.1, 0.15) is 27.0 Å². The monoisotopic (exact) mass is 582 g/mol. The van der Waals surface area contributed by atoms with Gasteiger partial charge < -0.3 is 17.8 Å². The number of carbonyl (C=O) groups is 1. The minimum atomic E-state index is -4.40. The topological polar surface area (TPSA) is 122 Å². The number of ether oxygens (including phenoxy) is 2. The Labute approximate surface area is 233 Å². The third-order valence-electron chi connectivity index (χ3n) is 5.77. The Balaban J connectivity index is 1.74. The van der Waals surface area contributed by atoms with E-state index in [4.69, 9.17) is 17.8 Å². The van der Waals surface area contributed by atoms with Gasteiger partial charge in [0.2, 0.25) is 0 Å². The summed E-state index contributed by atoms with van der Waals surface area (Å²) in [5.41, 5.74) is 2.13. The van der Waals surface area contributed by atoms with E-state index in [1.54, 1.807) is 62.4 Å². The van der Waals surface area contributed by atoms with Crippen molar-refractivity contribution in [2.24, 2.45) is 0 Å². The molecule has 4 rings (SSSR count). The van der Waals surface area contributed by atoms with Crippen LogP contribution >= 0.6 is 0 Å². The molecule has 0 saturated carbocycles. The van der Waals surface area contributed by atoms with Gasteiger partial charge in [0.15, 0.2) is 12.0 Å². The molecule has 0 unspecified atom stereocenters. The second-order valence-electron chi connectivity index (χ2n) is 8.79. The maximum Gasteiger partial charge on any atom is 0.339 e. The van der Waals surface area contributed by atoms with E-state index in [2.05, 4.69) is 0 Å². The Kier molecular flexibility index (Phi) is 8.46. The van der Waals surface area contributed by atoms with E-state index in [1.165, 1.54) is 37.4 Å². The number of rotatable bonds is 11. The number of methoxy groups -OCH3 is 1. The lowest BCUT2D eigenvalue weighted by Gasteiger charge is -2.16. The van der Waals surface area contributed by atoms with Crippen LogP contribution in [0.2, 0.25) is 0 Å². The molecule has 40 heavy (non-hydrogen) atoms. The SMILES string of the molecule is COc1ccc(COc2cc(OS(=O)(=O)c3ccc(C)cc3)cc(OS(=O)(=O)c3ccc(C)cc3)c2C=O)cc1. The molecule has 0 aliphatic heterocycles. The molecule has 0 aliphatic carbocycles. The fourth-order valence-corrected chi connectivity index (χ4v) is 5.42. The van der Waals surface area contributed by atoms with Gasteiger partial charge in [-0.2, -0.15) is 16.8 Å². The normalized spacial score (nSPS) is 11.5. The molecule has 0 N–H and O–H groups in total. The van der Waals surface area contributed by atoms with Gasteiger partial charge in [-0.1, -0.05) is 47.5 Å². The van der Waals surface area contributed by atoms with Gasteiger partial charge in [0.1, 0.15) is 39.2 Å². The molecule has 0 atom stereocenters. The first-order valence-electron chi connectivity index (χ1n) is 11.9. The highest BCUT2D eigenvalue weighted by Gasteiger charge is 2.25. The van der Waals surface area contributed by atoms with Gasteiger partial charge >= 0.3 is 20.2 Å². The van der Waals surface area contributed by atoms with E-state index < -0.39 is 26.0 Å². The van der Waals surface area contributed by atoms with Crippen LogP contribution in [0.25, 0.3) is 0 Å². The molecule has 0 saturated heterocycles. The predicted octanol–water partition coefficient (Wildman–Crippen LogP) is 5.24. The summed E-state index contributed by atoms with van der Waals surface area (Å²) in [7, 11) is -7.19. The van der Waals surface area contributed by atoms with Gasteiger partial charge in [-0.15, -0.1) is 0 Å². The summed E-state index contributed by atoms with van der Waals surface area (Å²) < 4.78 is 73.6. The average molecular weight is 583 g/mol. The molecule has 0 amide bonds. The Morgan fingerprint density at radius 3 is 1.65 bits per heavy atom. The van der Waals surface area contributed by atoms with Crippen molar-refractivity contribution in [3.05, 3.63) is 107 Å². The van der Waals surface area contributed by atoms with Crippen LogP contribution in [0.15, 0.2) is 94.7 Å². The summed E-state index contributed by atoms with van der Waals surface area (Å²) >= 11 is 0. The van der Waals surface area contributed by atoms with Crippen LogP contribution in [0.4, 0.5) is 0 Å². The molecule has 9 nitrogen and oxygen atoms in total.